The molecule has 0 aliphatic heterocycles. The standard InChI is InChI=1S/C17H26N2O4/c1-5-12(4)23-14-10-13(8-9-18-14)15(20)19-11-17(6-2,7-3)16(21)22/h8-10,12H,5-7,11H2,1-4H3,(H,19,20)(H,21,22). The fourth-order valence-corrected chi connectivity index (χ4v) is 2.13. The summed E-state index contributed by atoms with van der Waals surface area (Å²) in [7, 11) is 0. The molecule has 23 heavy (non-hydrogen) atoms. The number of carboxylic acid groups (broad SMARTS) is 1. The maximum atomic E-state index is 12.3. The Kier molecular flexibility index (Phi) is 7.00. The van der Waals surface area contributed by atoms with Crippen LogP contribution in [0.4, 0.5) is 0 Å². The number of carbonyl (C=O) groups is 2. The molecule has 0 aliphatic rings. The highest BCUT2D eigenvalue weighted by atomic mass is 16.5. The van der Waals surface area contributed by atoms with Gasteiger partial charge in [0.05, 0.1) is 11.5 Å². The number of carboxylic acids is 1. The lowest BCUT2D eigenvalue weighted by Crippen LogP contribution is -2.42. The summed E-state index contributed by atoms with van der Waals surface area (Å²) in [5.74, 6) is -0.824. The van der Waals surface area contributed by atoms with E-state index in [4.69, 9.17) is 4.74 Å². The van der Waals surface area contributed by atoms with Crippen LogP contribution in [0.2, 0.25) is 0 Å². The highest BCUT2D eigenvalue weighted by molar-refractivity contribution is 5.94. The van der Waals surface area contributed by atoms with Crippen LogP contribution in [0.15, 0.2) is 18.3 Å². The molecule has 128 valence electrons. The molecule has 1 aromatic heterocycles. The highest BCUT2D eigenvalue weighted by Gasteiger charge is 2.35. The number of nitrogens with one attached hydrogen (secondary N) is 1. The number of hydrogen-bond donors (Lipinski definition) is 2. The normalized spacial score (nSPS) is 12.5. The van der Waals surface area contributed by atoms with Crippen molar-refractivity contribution in [2.75, 3.05) is 6.54 Å². The molecule has 6 nitrogen and oxygen atoms in total. The van der Waals surface area contributed by atoms with Gasteiger partial charge in [0.15, 0.2) is 0 Å². The molecule has 2 N–H and O–H groups in total. The number of hydrogen-bond acceptors (Lipinski definition) is 4. The van der Waals surface area contributed by atoms with Crippen molar-refractivity contribution in [1.29, 1.82) is 0 Å². The summed E-state index contributed by atoms with van der Waals surface area (Å²) in [6.07, 6.45) is 3.28. The zero-order valence-corrected chi connectivity index (χ0v) is 14.3. The summed E-state index contributed by atoms with van der Waals surface area (Å²) in [6.45, 7) is 7.65. The number of nitrogens with zero attached hydrogens (tertiary/aromatic N) is 1. The first kappa shape index (κ1) is 18.9. The van der Waals surface area contributed by atoms with Gasteiger partial charge in [0.1, 0.15) is 0 Å². The molecule has 1 heterocycles. The Bertz CT molecular complexity index is 541. The summed E-state index contributed by atoms with van der Waals surface area (Å²) in [5, 5.41) is 12.1. The zero-order chi connectivity index (χ0) is 17.5. The average molecular weight is 322 g/mol. The number of carbonyl (C=O) groups excluding carboxylic acids is 1. The molecule has 0 radical (unpaired) electrons. The van der Waals surface area contributed by atoms with Crippen molar-refractivity contribution < 1.29 is 19.4 Å². The van der Waals surface area contributed by atoms with Crippen LogP contribution in [0.1, 0.15) is 57.3 Å². The average Bonchev–Trinajstić information content (AvgIpc) is 2.55. The van der Waals surface area contributed by atoms with Gasteiger partial charge in [0, 0.05) is 24.4 Å². The molecular formula is C17H26N2O4. The van der Waals surface area contributed by atoms with Crippen LogP contribution in [0.3, 0.4) is 0 Å². The SMILES string of the molecule is CCC(C)Oc1cc(C(=O)NCC(CC)(CC)C(=O)O)ccn1. The van der Waals surface area contributed by atoms with Crippen molar-refractivity contribution in [3.05, 3.63) is 23.9 Å². The van der Waals surface area contributed by atoms with Gasteiger partial charge in [-0.2, -0.15) is 0 Å². The van der Waals surface area contributed by atoms with Crippen molar-refractivity contribution in [2.24, 2.45) is 5.41 Å². The largest absolute Gasteiger partial charge is 0.481 e. The van der Waals surface area contributed by atoms with Crippen molar-refractivity contribution in [3.8, 4) is 5.88 Å². The predicted molar refractivity (Wildman–Crippen MR) is 87.6 cm³/mol. The Labute approximate surface area is 137 Å². The number of rotatable bonds is 9. The van der Waals surface area contributed by atoms with Crippen LogP contribution in [0.25, 0.3) is 0 Å². The number of pyridine rings is 1. The van der Waals surface area contributed by atoms with Crippen molar-refractivity contribution in [2.45, 2.75) is 53.1 Å². The molecular weight excluding hydrogens is 296 g/mol. The van der Waals surface area contributed by atoms with Gasteiger partial charge in [0.2, 0.25) is 5.88 Å². The zero-order valence-electron chi connectivity index (χ0n) is 14.3. The third-order valence-electron chi connectivity index (χ3n) is 4.29. The van der Waals surface area contributed by atoms with E-state index in [1.807, 2.05) is 27.7 Å². The minimum Gasteiger partial charge on any atom is -0.481 e. The van der Waals surface area contributed by atoms with Crippen LogP contribution < -0.4 is 10.1 Å². The van der Waals surface area contributed by atoms with Gasteiger partial charge in [0.25, 0.3) is 5.91 Å². The van der Waals surface area contributed by atoms with E-state index in [9.17, 15) is 14.7 Å². The molecule has 0 bridgehead atoms. The molecule has 1 amide bonds. The third kappa shape index (κ3) is 4.94. The van der Waals surface area contributed by atoms with Crippen LogP contribution in [0.5, 0.6) is 5.88 Å². The molecule has 1 aromatic rings. The number of amides is 1. The van der Waals surface area contributed by atoms with Gasteiger partial charge < -0.3 is 15.2 Å². The smallest absolute Gasteiger partial charge is 0.311 e. The molecule has 0 aliphatic carbocycles. The summed E-state index contributed by atoms with van der Waals surface area (Å²) in [5.41, 5.74) is -0.525. The maximum absolute atomic E-state index is 12.3. The minimum absolute atomic E-state index is 0.0145. The van der Waals surface area contributed by atoms with Crippen molar-refractivity contribution >= 4 is 11.9 Å². The molecule has 0 aromatic carbocycles. The van der Waals surface area contributed by atoms with E-state index in [0.717, 1.165) is 6.42 Å². The lowest BCUT2D eigenvalue weighted by Gasteiger charge is -2.26. The molecule has 1 rings (SSSR count). The molecule has 0 fully saturated rings. The van der Waals surface area contributed by atoms with E-state index in [1.54, 1.807) is 12.1 Å². The molecule has 0 spiro atoms. The first-order chi connectivity index (χ1) is 10.9. The van der Waals surface area contributed by atoms with Gasteiger partial charge in [-0.25, -0.2) is 4.98 Å². The van der Waals surface area contributed by atoms with E-state index in [2.05, 4.69) is 10.3 Å². The van der Waals surface area contributed by atoms with E-state index >= 15 is 0 Å². The third-order valence-corrected chi connectivity index (χ3v) is 4.29. The van der Waals surface area contributed by atoms with Crippen LogP contribution in [-0.4, -0.2) is 34.6 Å². The van der Waals surface area contributed by atoms with Crippen LogP contribution >= 0.6 is 0 Å². The topological polar surface area (TPSA) is 88.5 Å². The summed E-state index contributed by atoms with van der Waals surface area (Å²) < 4.78 is 5.60. The lowest BCUT2D eigenvalue weighted by atomic mass is 9.82. The summed E-state index contributed by atoms with van der Waals surface area (Å²) in [4.78, 5) is 27.8. The molecule has 0 saturated carbocycles. The van der Waals surface area contributed by atoms with Crippen LogP contribution in [-0.2, 0) is 4.79 Å². The fourth-order valence-electron chi connectivity index (χ4n) is 2.13. The summed E-state index contributed by atoms with van der Waals surface area (Å²) in [6, 6.07) is 3.15. The van der Waals surface area contributed by atoms with Gasteiger partial charge >= 0.3 is 5.97 Å². The van der Waals surface area contributed by atoms with Crippen molar-refractivity contribution in [3.63, 3.8) is 0 Å². The Morgan fingerprint density at radius 1 is 1.35 bits per heavy atom. The quantitative estimate of drug-likeness (QED) is 0.730. The number of aromatic nitrogens is 1. The maximum Gasteiger partial charge on any atom is 0.311 e. The molecule has 0 saturated heterocycles. The number of aliphatic carboxylic acids is 1. The van der Waals surface area contributed by atoms with Gasteiger partial charge in [-0.1, -0.05) is 20.8 Å². The van der Waals surface area contributed by atoms with E-state index in [-0.39, 0.29) is 18.6 Å². The Balaban J connectivity index is 2.78. The molecule has 6 heteroatoms. The fraction of sp³-hybridized carbons (Fsp3) is 0.588. The van der Waals surface area contributed by atoms with Gasteiger partial charge in [-0.05, 0) is 32.3 Å². The van der Waals surface area contributed by atoms with Crippen molar-refractivity contribution in [1.82, 2.24) is 10.3 Å². The highest BCUT2D eigenvalue weighted by Crippen LogP contribution is 2.25. The Morgan fingerprint density at radius 2 is 2.00 bits per heavy atom. The van der Waals surface area contributed by atoms with E-state index in [1.165, 1.54) is 6.20 Å². The van der Waals surface area contributed by atoms with E-state index in [0.29, 0.717) is 24.3 Å². The monoisotopic (exact) mass is 322 g/mol. The second kappa shape index (κ2) is 8.50. The first-order valence-electron chi connectivity index (χ1n) is 8.02. The second-order valence-corrected chi connectivity index (χ2v) is 5.69. The van der Waals surface area contributed by atoms with Gasteiger partial charge in [-0.3, -0.25) is 9.59 Å². The summed E-state index contributed by atoms with van der Waals surface area (Å²) >= 11 is 0. The predicted octanol–water partition coefficient (Wildman–Crippen LogP) is 2.88. The van der Waals surface area contributed by atoms with E-state index < -0.39 is 11.4 Å². The Morgan fingerprint density at radius 3 is 2.52 bits per heavy atom. The second-order valence-electron chi connectivity index (χ2n) is 5.69. The van der Waals surface area contributed by atoms with Crippen LogP contribution in [0, 0.1) is 5.41 Å². The van der Waals surface area contributed by atoms with Gasteiger partial charge in [-0.15, -0.1) is 0 Å². The minimum atomic E-state index is -0.932. The molecule has 1 atom stereocenters. The number of ether oxygens (including phenoxy) is 1. The first-order valence-corrected chi connectivity index (χ1v) is 8.02. The lowest BCUT2D eigenvalue weighted by molar-refractivity contribution is -0.149. The Hall–Kier alpha value is -2.11. The molecule has 1 unspecified atom stereocenters.